The minimum Gasteiger partial charge on any atom is -0.0620 e. The maximum atomic E-state index is 3.93. The van der Waals surface area contributed by atoms with Crippen LogP contribution in [0.4, 0.5) is 0 Å². The zero-order valence-corrected chi connectivity index (χ0v) is 6.72. The van der Waals surface area contributed by atoms with Crippen molar-refractivity contribution in [1.29, 1.82) is 0 Å². The first kappa shape index (κ1) is 6.90. The summed E-state index contributed by atoms with van der Waals surface area (Å²) in [7, 11) is 0. The van der Waals surface area contributed by atoms with Crippen molar-refractivity contribution in [3.05, 3.63) is 42.3 Å². The van der Waals surface area contributed by atoms with Gasteiger partial charge in [0.15, 0.2) is 0 Å². The maximum absolute atomic E-state index is 3.93. The lowest BCUT2D eigenvalue weighted by molar-refractivity contribution is 1.07. The SMILES string of the molecule is [CH2]Cc1ccccc1C1CC1. The van der Waals surface area contributed by atoms with Crippen molar-refractivity contribution in [2.75, 3.05) is 0 Å². The molecule has 2 rings (SSSR count). The molecule has 0 N–H and O–H groups in total. The highest BCUT2D eigenvalue weighted by atomic mass is 14.3. The summed E-state index contributed by atoms with van der Waals surface area (Å²) in [4.78, 5) is 0. The Balaban J connectivity index is 2.34. The van der Waals surface area contributed by atoms with E-state index in [0.717, 1.165) is 12.3 Å². The van der Waals surface area contributed by atoms with E-state index in [-0.39, 0.29) is 0 Å². The van der Waals surface area contributed by atoms with Gasteiger partial charge in [0, 0.05) is 0 Å². The van der Waals surface area contributed by atoms with Gasteiger partial charge in [-0.1, -0.05) is 24.3 Å². The summed E-state index contributed by atoms with van der Waals surface area (Å²) < 4.78 is 0. The first-order valence-electron chi connectivity index (χ1n) is 4.29. The summed E-state index contributed by atoms with van der Waals surface area (Å²) in [5, 5.41) is 0. The van der Waals surface area contributed by atoms with Gasteiger partial charge in [0.25, 0.3) is 0 Å². The molecule has 1 fully saturated rings. The monoisotopic (exact) mass is 145 g/mol. The number of rotatable bonds is 2. The molecular weight excluding hydrogens is 132 g/mol. The van der Waals surface area contributed by atoms with Gasteiger partial charge >= 0.3 is 0 Å². The van der Waals surface area contributed by atoms with Crippen molar-refractivity contribution >= 4 is 0 Å². The second-order valence-electron chi connectivity index (χ2n) is 3.22. The summed E-state index contributed by atoms with van der Waals surface area (Å²) in [6.07, 6.45) is 3.71. The molecule has 1 aliphatic rings. The molecule has 11 heavy (non-hydrogen) atoms. The second-order valence-corrected chi connectivity index (χ2v) is 3.22. The molecule has 0 atom stereocenters. The summed E-state index contributed by atoms with van der Waals surface area (Å²) in [6.45, 7) is 3.93. The van der Waals surface area contributed by atoms with Crippen molar-refractivity contribution < 1.29 is 0 Å². The normalized spacial score (nSPS) is 16.8. The van der Waals surface area contributed by atoms with Gasteiger partial charge in [-0.25, -0.2) is 0 Å². The lowest BCUT2D eigenvalue weighted by atomic mass is 10.0. The van der Waals surface area contributed by atoms with Crippen molar-refractivity contribution in [2.45, 2.75) is 25.2 Å². The Kier molecular flexibility index (Phi) is 1.69. The molecule has 1 aromatic carbocycles. The van der Waals surface area contributed by atoms with Crippen LogP contribution in [0.25, 0.3) is 0 Å². The molecule has 1 radical (unpaired) electrons. The van der Waals surface area contributed by atoms with Crippen LogP contribution in [0.1, 0.15) is 29.9 Å². The van der Waals surface area contributed by atoms with Crippen LogP contribution in [0.15, 0.2) is 24.3 Å². The van der Waals surface area contributed by atoms with E-state index < -0.39 is 0 Å². The maximum Gasteiger partial charge on any atom is -0.0159 e. The van der Waals surface area contributed by atoms with Gasteiger partial charge in [-0.2, -0.15) is 0 Å². The van der Waals surface area contributed by atoms with E-state index in [9.17, 15) is 0 Å². The van der Waals surface area contributed by atoms with Gasteiger partial charge in [-0.3, -0.25) is 0 Å². The standard InChI is InChI=1S/C11H13/c1-2-9-5-3-4-6-11(9)10-7-8-10/h3-6,10H,1-2,7-8H2. The van der Waals surface area contributed by atoms with Crippen molar-refractivity contribution in [2.24, 2.45) is 0 Å². The first-order chi connectivity index (χ1) is 5.42. The largest absolute Gasteiger partial charge is 0.0620 e. The summed E-state index contributed by atoms with van der Waals surface area (Å²) in [5.74, 6) is 0.868. The predicted molar refractivity (Wildman–Crippen MR) is 47.5 cm³/mol. The Hall–Kier alpha value is -0.780. The molecule has 0 aromatic heterocycles. The van der Waals surface area contributed by atoms with Crippen LogP contribution >= 0.6 is 0 Å². The summed E-state index contributed by atoms with van der Waals surface area (Å²) in [6, 6.07) is 8.68. The third-order valence-corrected chi connectivity index (χ3v) is 2.34. The molecule has 0 saturated heterocycles. The number of hydrogen-bond donors (Lipinski definition) is 0. The Labute approximate surface area is 68.3 Å². The topological polar surface area (TPSA) is 0 Å². The lowest BCUT2D eigenvalue weighted by Gasteiger charge is -2.04. The molecule has 0 heterocycles. The van der Waals surface area contributed by atoms with E-state index in [1.165, 1.54) is 18.4 Å². The fourth-order valence-corrected chi connectivity index (χ4v) is 1.55. The molecule has 1 saturated carbocycles. The Bertz CT molecular complexity index is 246. The van der Waals surface area contributed by atoms with Crippen LogP contribution in [0, 0.1) is 6.92 Å². The molecule has 0 unspecified atom stereocenters. The van der Waals surface area contributed by atoms with Crippen molar-refractivity contribution in [3.63, 3.8) is 0 Å². The van der Waals surface area contributed by atoms with Gasteiger partial charge in [-0.15, -0.1) is 0 Å². The van der Waals surface area contributed by atoms with E-state index >= 15 is 0 Å². The molecule has 0 heteroatoms. The number of benzene rings is 1. The molecule has 1 aromatic rings. The van der Waals surface area contributed by atoms with Crippen LogP contribution < -0.4 is 0 Å². The Morgan fingerprint density at radius 1 is 1.27 bits per heavy atom. The highest BCUT2D eigenvalue weighted by molar-refractivity contribution is 5.33. The average Bonchev–Trinajstić information content (AvgIpc) is 2.87. The van der Waals surface area contributed by atoms with E-state index in [0.29, 0.717) is 0 Å². The smallest absolute Gasteiger partial charge is 0.0159 e. The summed E-state index contributed by atoms with van der Waals surface area (Å²) >= 11 is 0. The van der Waals surface area contributed by atoms with Gasteiger partial charge in [0.05, 0.1) is 0 Å². The van der Waals surface area contributed by atoms with Crippen molar-refractivity contribution in [1.82, 2.24) is 0 Å². The van der Waals surface area contributed by atoms with Gasteiger partial charge < -0.3 is 0 Å². The second kappa shape index (κ2) is 2.69. The average molecular weight is 145 g/mol. The summed E-state index contributed by atoms with van der Waals surface area (Å²) in [5.41, 5.74) is 2.98. The van der Waals surface area contributed by atoms with E-state index in [4.69, 9.17) is 0 Å². The fourth-order valence-electron chi connectivity index (χ4n) is 1.55. The quantitative estimate of drug-likeness (QED) is 0.600. The molecule has 57 valence electrons. The highest BCUT2D eigenvalue weighted by Gasteiger charge is 2.24. The molecular formula is C11H13. The predicted octanol–water partition coefficient (Wildman–Crippen LogP) is 2.94. The van der Waals surface area contributed by atoms with E-state index in [2.05, 4.69) is 31.2 Å². The minimum atomic E-state index is 0.868. The first-order valence-corrected chi connectivity index (χ1v) is 4.29. The van der Waals surface area contributed by atoms with Crippen LogP contribution in [0.2, 0.25) is 0 Å². The molecule has 0 nitrogen and oxygen atoms in total. The van der Waals surface area contributed by atoms with Crippen LogP contribution in [0.5, 0.6) is 0 Å². The third kappa shape index (κ3) is 1.30. The van der Waals surface area contributed by atoms with Crippen LogP contribution in [0.3, 0.4) is 0 Å². The van der Waals surface area contributed by atoms with Gasteiger partial charge in [0.1, 0.15) is 0 Å². The van der Waals surface area contributed by atoms with Gasteiger partial charge in [-0.05, 0) is 43.2 Å². The van der Waals surface area contributed by atoms with Crippen molar-refractivity contribution in [3.8, 4) is 0 Å². The van der Waals surface area contributed by atoms with Crippen LogP contribution in [-0.2, 0) is 6.42 Å². The highest BCUT2D eigenvalue weighted by Crippen LogP contribution is 2.41. The molecule has 0 spiro atoms. The fraction of sp³-hybridized carbons (Fsp3) is 0.364. The van der Waals surface area contributed by atoms with Crippen LogP contribution in [-0.4, -0.2) is 0 Å². The zero-order chi connectivity index (χ0) is 7.68. The number of hydrogen-bond acceptors (Lipinski definition) is 0. The third-order valence-electron chi connectivity index (χ3n) is 2.34. The molecule has 0 amide bonds. The Morgan fingerprint density at radius 2 is 2.00 bits per heavy atom. The Morgan fingerprint density at radius 3 is 2.64 bits per heavy atom. The van der Waals surface area contributed by atoms with E-state index in [1.807, 2.05) is 0 Å². The lowest BCUT2D eigenvalue weighted by Crippen LogP contribution is -1.88. The minimum absolute atomic E-state index is 0.868. The zero-order valence-electron chi connectivity index (χ0n) is 6.72. The molecule has 1 aliphatic carbocycles. The molecule has 0 bridgehead atoms. The van der Waals surface area contributed by atoms with E-state index in [1.54, 1.807) is 5.56 Å². The molecule has 0 aliphatic heterocycles. The van der Waals surface area contributed by atoms with Gasteiger partial charge in [0.2, 0.25) is 0 Å².